The van der Waals surface area contributed by atoms with Crippen molar-refractivity contribution in [1.29, 1.82) is 0 Å². The third-order valence-corrected chi connectivity index (χ3v) is 5.07. The third kappa shape index (κ3) is 5.31. The summed E-state index contributed by atoms with van der Waals surface area (Å²) in [4.78, 5) is 4.56. The monoisotopic (exact) mass is 350 g/mol. The Labute approximate surface area is 149 Å². The first kappa shape index (κ1) is 18.5. The fraction of sp³-hybridized carbons (Fsp3) is 0.684. The molecule has 0 radical (unpaired) electrons. The first-order chi connectivity index (χ1) is 12.1. The molecule has 0 aromatic heterocycles. The highest BCUT2D eigenvalue weighted by Gasteiger charge is 2.20. The lowest BCUT2D eigenvalue weighted by atomic mass is 10.1. The minimum Gasteiger partial charge on any atom is -0.497 e. The molecular formula is C19H30N2O4. The van der Waals surface area contributed by atoms with E-state index in [1.807, 2.05) is 18.2 Å². The number of nitrogens with zero attached hydrogens (tertiary/aromatic N) is 2. The Kier molecular flexibility index (Phi) is 6.53. The molecule has 0 bridgehead atoms. The Bertz CT molecular complexity index is 542. The van der Waals surface area contributed by atoms with Crippen molar-refractivity contribution >= 4 is 0 Å². The summed E-state index contributed by atoms with van der Waals surface area (Å²) in [6.07, 6.45) is 2.10. The largest absolute Gasteiger partial charge is 0.497 e. The van der Waals surface area contributed by atoms with Crippen molar-refractivity contribution in [3.8, 4) is 11.5 Å². The van der Waals surface area contributed by atoms with E-state index < -0.39 is 6.10 Å². The Morgan fingerprint density at radius 3 is 2.56 bits per heavy atom. The van der Waals surface area contributed by atoms with Gasteiger partial charge in [0.25, 0.3) is 0 Å². The van der Waals surface area contributed by atoms with Gasteiger partial charge in [-0.3, -0.25) is 4.90 Å². The lowest BCUT2D eigenvalue weighted by Crippen LogP contribution is -2.42. The molecule has 2 N–H and O–H groups in total. The summed E-state index contributed by atoms with van der Waals surface area (Å²) in [6, 6.07) is 5.84. The topological polar surface area (TPSA) is 65.4 Å². The molecule has 0 aliphatic carbocycles. The number of aliphatic hydroxyl groups is 2. The SMILES string of the molecule is COc1ccc(OCC(O)CN2CCC(O)CC2)c(CN2CCC2)c1. The van der Waals surface area contributed by atoms with Crippen LogP contribution < -0.4 is 9.47 Å². The van der Waals surface area contributed by atoms with Crippen LogP contribution in [0.1, 0.15) is 24.8 Å². The van der Waals surface area contributed by atoms with Crippen LogP contribution in [0.4, 0.5) is 0 Å². The van der Waals surface area contributed by atoms with Crippen molar-refractivity contribution in [2.24, 2.45) is 0 Å². The predicted molar refractivity (Wildman–Crippen MR) is 96.1 cm³/mol. The Balaban J connectivity index is 1.52. The number of likely N-dealkylation sites (tertiary alicyclic amines) is 2. The fourth-order valence-corrected chi connectivity index (χ4v) is 3.37. The van der Waals surface area contributed by atoms with E-state index in [0.717, 1.165) is 62.6 Å². The summed E-state index contributed by atoms with van der Waals surface area (Å²) in [5.41, 5.74) is 1.10. The lowest BCUT2D eigenvalue weighted by Gasteiger charge is -2.32. The zero-order valence-corrected chi connectivity index (χ0v) is 15.1. The number of benzene rings is 1. The van der Waals surface area contributed by atoms with Crippen LogP contribution in [0, 0.1) is 0 Å². The molecule has 0 spiro atoms. The number of aliphatic hydroxyl groups excluding tert-OH is 2. The van der Waals surface area contributed by atoms with Crippen LogP contribution in [-0.2, 0) is 6.54 Å². The lowest BCUT2D eigenvalue weighted by molar-refractivity contribution is 0.0334. The number of β-amino-alcohol motifs (C(OH)–C–C–N with tert-alkyl or cyclic N) is 1. The van der Waals surface area contributed by atoms with Crippen molar-refractivity contribution in [1.82, 2.24) is 9.80 Å². The highest BCUT2D eigenvalue weighted by atomic mass is 16.5. The van der Waals surface area contributed by atoms with E-state index in [4.69, 9.17) is 9.47 Å². The Morgan fingerprint density at radius 1 is 1.16 bits per heavy atom. The second kappa shape index (κ2) is 8.85. The predicted octanol–water partition coefficient (Wildman–Crippen LogP) is 1.10. The molecule has 0 amide bonds. The van der Waals surface area contributed by atoms with Crippen LogP contribution in [0.2, 0.25) is 0 Å². The zero-order chi connectivity index (χ0) is 17.6. The van der Waals surface area contributed by atoms with E-state index in [1.165, 1.54) is 6.42 Å². The molecule has 140 valence electrons. The number of piperidine rings is 1. The highest BCUT2D eigenvalue weighted by molar-refractivity contribution is 5.40. The van der Waals surface area contributed by atoms with Crippen molar-refractivity contribution in [3.05, 3.63) is 23.8 Å². The molecule has 1 aromatic carbocycles. The van der Waals surface area contributed by atoms with Crippen LogP contribution in [0.25, 0.3) is 0 Å². The van der Waals surface area contributed by atoms with Gasteiger partial charge in [0, 0.05) is 31.7 Å². The molecule has 25 heavy (non-hydrogen) atoms. The number of ether oxygens (including phenoxy) is 2. The fourth-order valence-electron chi connectivity index (χ4n) is 3.37. The van der Waals surface area contributed by atoms with E-state index in [1.54, 1.807) is 7.11 Å². The maximum Gasteiger partial charge on any atom is 0.124 e. The van der Waals surface area contributed by atoms with Gasteiger partial charge >= 0.3 is 0 Å². The third-order valence-electron chi connectivity index (χ3n) is 5.07. The van der Waals surface area contributed by atoms with Crippen LogP contribution >= 0.6 is 0 Å². The van der Waals surface area contributed by atoms with Crippen molar-refractivity contribution in [2.75, 3.05) is 46.4 Å². The summed E-state index contributed by atoms with van der Waals surface area (Å²) >= 11 is 0. The van der Waals surface area contributed by atoms with E-state index in [0.29, 0.717) is 6.54 Å². The summed E-state index contributed by atoms with van der Waals surface area (Å²) in [7, 11) is 1.67. The van der Waals surface area contributed by atoms with E-state index in [2.05, 4.69) is 9.80 Å². The normalized spacial score (nSPS) is 20.9. The maximum absolute atomic E-state index is 10.3. The summed E-state index contributed by atoms with van der Waals surface area (Å²) < 4.78 is 11.2. The standard InChI is InChI=1S/C19H30N2O4/c1-24-18-3-4-19(15(11-18)12-20-7-2-8-20)25-14-17(23)13-21-9-5-16(22)6-10-21/h3-4,11,16-17,22-23H,2,5-10,12-14H2,1H3. The molecule has 2 fully saturated rings. The van der Waals surface area contributed by atoms with Gasteiger partial charge in [0.1, 0.15) is 24.2 Å². The molecule has 2 heterocycles. The maximum atomic E-state index is 10.3. The smallest absolute Gasteiger partial charge is 0.124 e. The van der Waals surface area contributed by atoms with Gasteiger partial charge < -0.3 is 24.6 Å². The average molecular weight is 350 g/mol. The quantitative estimate of drug-likeness (QED) is 0.732. The van der Waals surface area contributed by atoms with E-state index >= 15 is 0 Å². The van der Waals surface area contributed by atoms with Crippen LogP contribution in [0.3, 0.4) is 0 Å². The van der Waals surface area contributed by atoms with Gasteiger partial charge in [-0.05, 0) is 50.6 Å². The molecule has 2 aliphatic rings. The second-order valence-corrected chi connectivity index (χ2v) is 7.10. The van der Waals surface area contributed by atoms with E-state index in [9.17, 15) is 10.2 Å². The van der Waals surface area contributed by atoms with Crippen LogP contribution in [-0.4, -0.2) is 78.7 Å². The van der Waals surface area contributed by atoms with Gasteiger partial charge in [-0.2, -0.15) is 0 Å². The van der Waals surface area contributed by atoms with Crippen molar-refractivity contribution < 1.29 is 19.7 Å². The van der Waals surface area contributed by atoms with Crippen LogP contribution in [0.5, 0.6) is 11.5 Å². The first-order valence-corrected chi connectivity index (χ1v) is 9.24. The van der Waals surface area contributed by atoms with Gasteiger partial charge in [0.05, 0.1) is 13.2 Å². The van der Waals surface area contributed by atoms with E-state index in [-0.39, 0.29) is 12.7 Å². The van der Waals surface area contributed by atoms with Gasteiger partial charge in [0.15, 0.2) is 0 Å². The Morgan fingerprint density at radius 2 is 1.92 bits per heavy atom. The van der Waals surface area contributed by atoms with Gasteiger partial charge in [-0.15, -0.1) is 0 Å². The van der Waals surface area contributed by atoms with Crippen LogP contribution in [0.15, 0.2) is 18.2 Å². The van der Waals surface area contributed by atoms with Gasteiger partial charge in [-0.1, -0.05) is 0 Å². The molecule has 2 saturated heterocycles. The molecular weight excluding hydrogens is 320 g/mol. The molecule has 1 aromatic rings. The Hall–Kier alpha value is -1.34. The molecule has 6 nitrogen and oxygen atoms in total. The first-order valence-electron chi connectivity index (χ1n) is 9.24. The summed E-state index contributed by atoms with van der Waals surface area (Å²) in [6.45, 7) is 5.64. The van der Waals surface area contributed by atoms with Crippen molar-refractivity contribution in [2.45, 2.75) is 38.0 Å². The number of hydrogen-bond acceptors (Lipinski definition) is 6. The summed E-state index contributed by atoms with van der Waals surface area (Å²) in [5, 5.41) is 19.9. The minimum atomic E-state index is -0.533. The van der Waals surface area contributed by atoms with Gasteiger partial charge in [-0.25, -0.2) is 0 Å². The number of hydrogen-bond donors (Lipinski definition) is 2. The minimum absolute atomic E-state index is 0.187. The molecule has 1 atom stereocenters. The molecule has 3 rings (SSSR count). The number of rotatable bonds is 8. The molecule has 0 saturated carbocycles. The number of methoxy groups -OCH3 is 1. The second-order valence-electron chi connectivity index (χ2n) is 7.10. The van der Waals surface area contributed by atoms with Gasteiger partial charge in [0.2, 0.25) is 0 Å². The zero-order valence-electron chi connectivity index (χ0n) is 15.1. The molecule has 2 aliphatic heterocycles. The molecule has 6 heteroatoms. The average Bonchev–Trinajstić information content (AvgIpc) is 2.58. The highest BCUT2D eigenvalue weighted by Crippen LogP contribution is 2.27. The van der Waals surface area contributed by atoms with Crippen molar-refractivity contribution in [3.63, 3.8) is 0 Å². The molecule has 1 unspecified atom stereocenters. The summed E-state index contributed by atoms with van der Waals surface area (Å²) in [5.74, 6) is 1.65.